The average Bonchev–Trinajstić information content (AvgIpc) is 2.70. The number of hydrogen-bond acceptors (Lipinski definition) is 5. The lowest BCUT2D eigenvalue weighted by Gasteiger charge is -2.06. The maximum Gasteiger partial charge on any atom is 0.221 e. The number of carbonyl (C=O) groups excluding carboxylic acids is 1. The molecule has 20 heavy (non-hydrogen) atoms. The zero-order valence-electron chi connectivity index (χ0n) is 10.7. The van der Waals surface area contributed by atoms with Crippen LogP contribution in [0.2, 0.25) is 0 Å². The predicted octanol–water partition coefficient (Wildman–Crippen LogP) is 0.731. The van der Waals surface area contributed by atoms with E-state index in [1.165, 1.54) is 37.3 Å². The summed E-state index contributed by atoms with van der Waals surface area (Å²) < 4.78 is 47.1. The van der Waals surface area contributed by atoms with Crippen LogP contribution in [-0.2, 0) is 24.5 Å². The number of hydrogen-bond donors (Lipinski definition) is 1. The molecule has 1 aliphatic rings. The Bertz CT molecular complexity index is 774. The molecular weight excluding hydrogens is 302 g/mol. The van der Waals surface area contributed by atoms with Crippen molar-refractivity contribution in [2.75, 3.05) is 16.8 Å². The molecule has 8 heteroatoms. The van der Waals surface area contributed by atoms with Gasteiger partial charge in [-0.25, -0.2) is 16.8 Å². The highest BCUT2D eigenvalue weighted by Gasteiger charge is 2.30. The zero-order chi connectivity index (χ0) is 15.0. The van der Waals surface area contributed by atoms with Crippen molar-refractivity contribution in [1.82, 2.24) is 0 Å². The Morgan fingerprint density at radius 3 is 2.25 bits per heavy atom. The zero-order valence-corrected chi connectivity index (χ0v) is 12.3. The SMILES string of the molecule is CC(=O)Nc1ccc(S(=O)(=O)C2=CCS(=O)(=O)C2)cc1. The fraction of sp³-hybridized carbons (Fsp3) is 0.250. The molecule has 1 heterocycles. The lowest BCUT2D eigenvalue weighted by molar-refractivity contribution is -0.114. The molecule has 0 saturated heterocycles. The van der Waals surface area contributed by atoms with E-state index in [-0.39, 0.29) is 21.5 Å². The molecule has 0 aliphatic carbocycles. The van der Waals surface area contributed by atoms with Gasteiger partial charge in [-0.2, -0.15) is 0 Å². The molecule has 2 rings (SSSR count). The molecular formula is C12H13NO5S2. The van der Waals surface area contributed by atoms with Crippen LogP contribution in [0.25, 0.3) is 0 Å². The molecule has 1 aliphatic heterocycles. The van der Waals surface area contributed by atoms with Crippen LogP contribution in [0.4, 0.5) is 5.69 Å². The van der Waals surface area contributed by atoms with Crippen LogP contribution in [0.5, 0.6) is 0 Å². The van der Waals surface area contributed by atoms with Gasteiger partial charge in [-0.3, -0.25) is 4.79 Å². The first-order valence-corrected chi connectivity index (χ1v) is 9.03. The van der Waals surface area contributed by atoms with Gasteiger partial charge in [0.2, 0.25) is 15.7 Å². The van der Waals surface area contributed by atoms with Crippen molar-refractivity contribution in [2.24, 2.45) is 0 Å². The first kappa shape index (κ1) is 14.7. The molecule has 0 radical (unpaired) electrons. The van der Waals surface area contributed by atoms with Crippen molar-refractivity contribution in [3.05, 3.63) is 35.2 Å². The Kier molecular flexibility index (Phi) is 3.70. The Morgan fingerprint density at radius 2 is 1.80 bits per heavy atom. The Labute approximate surface area is 117 Å². The van der Waals surface area contributed by atoms with Gasteiger partial charge >= 0.3 is 0 Å². The highest BCUT2D eigenvalue weighted by Crippen LogP contribution is 2.25. The summed E-state index contributed by atoms with van der Waals surface area (Å²) in [6, 6.07) is 5.59. The summed E-state index contributed by atoms with van der Waals surface area (Å²) in [6.45, 7) is 1.35. The number of benzene rings is 1. The van der Waals surface area contributed by atoms with E-state index in [1.54, 1.807) is 0 Å². The third-order valence-electron chi connectivity index (χ3n) is 2.76. The van der Waals surface area contributed by atoms with E-state index in [9.17, 15) is 21.6 Å². The van der Waals surface area contributed by atoms with Crippen LogP contribution in [-0.4, -0.2) is 34.2 Å². The van der Waals surface area contributed by atoms with Crippen LogP contribution >= 0.6 is 0 Å². The summed E-state index contributed by atoms with van der Waals surface area (Å²) in [4.78, 5) is 10.8. The minimum absolute atomic E-state index is 0.00921. The van der Waals surface area contributed by atoms with Crippen molar-refractivity contribution >= 4 is 31.3 Å². The molecule has 1 aromatic rings. The van der Waals surface area contributed by atoms with Gasteiger partial charge in [0.15, 0.2) is 9.84 Å². The van der Waals surface area contributed by atoms with E-state index < -0.39 is 25.4 Å². The van der Waals surface area contributed by atoms with E-state index in [4.69, 9.17) is 0 Å². The van der Waals surface area contributed by atoms with Crippen molar-refractivity contribution in [1.29, 1.82) is 0 Å². The molecule has 108 valence electrons. The average molecular weight is 315 g/mol. The fourth-order valence-corrected chi connectivity index (χ4v) is 5.30. The summed E-state index contributed by atoms with van der Waals surface area (Å²) in [5, 5.41) is 2.52. The lowest BCUT2D eigenvalue weighted by Crippen LogP contribution is -2.10. The van der Waals surface area contributed by atoms with Crippen molar-refractivity contribution in [3.63, 3.8) is 0 Å². The maximum absolute atomic E-state index is 12.2. The third kappa shape index (κ3) is 3.07. The normalized spacial score (nSPS) is 17.6. The van der Waals surface area contributed by atoms with Crippen molar-refractivity contribution in [2.45, 2.75) is 11.8 Å². The van der Waals surface area contributed by atoms with Gasteiger partial charge in [0, 0.05) is 12.6 Å². The first-order chi connectivity index (χ1) is 9.21. The summed E-state index contributed by atoms with van der Waals surface area (Å²) in [5.74, 6) is -0.959. The Balaban J connectivity index is 2.29. The van der Waals surface area contributed by atoms with Gasteiger partial charge in [0.1, 0.15) is 0 Å². The van der Waals surface area contributed by atoms with Gasteiger partial charge in [-0.15, -0.1) is 0 Å². The third-order valence-corrected chi connectivity index (χ3v) is 6.26. The molecule has 1 N–H and O–H groups in total. The molecule has 0 aromatic heterocycles. The van der Waals surface area contributed by atoms with Crippen molar-refractivity contribution < 1.29 is 21.6 Å². The second kappa shape index (κ2) is 5.02. The smallest absolute Gasteiger partial charge is 0.221 e. The summed E-state index contributed by atoms with van der Waals surface area (Å²) >= 11 is 0. The van der Waals surface area contributed by atoms with Crippen LogP contribution < -0.4 is 5.32 Å². The summed E-state index contributed by atoms with van der Waals surface area (Å²) in [5.41, 5.74) is 0.476. The predicted molar refractivity (Wildman–Crippen MR) is 74.7 cm³/mol. The molecule has 0 spiro atoms. The minimum Gasteiger partial charge on any atom is -0.326 e. The van der Waals surface area contributed by atoms with Gasteiger partial charge in [0.25, 0.3) is 0 Å². The Morgan fingerprint density at radius 1 is 1.20 bits per heavy atom. The summed E-state index contributed by atoms with van der Waals surface area (Å²) in [7, 11) is -7.13. The second-order valence-corrected chi connectivity index (χ2v) is 8.55. The standard InChI is InChI=1S/C12H13NO5S2/c1-9(14)13-10-2-4-11(5-3-10)20(17,18)12-6-7-19(15,16)8-12/h2-6H,7-8H2,1H3,(H,13,14). The highest BCUT2D eigenvalue weighted by atomic mass is 32.2. The molecule has 0 bridgehead atoms. The molecule has 0 unspecified atom stereocenters. The molecule has 0 fully saturated rings. The number of carbonyl (C=O) groups is 1. The minimum atomic E-state index is -3.79. The van der Waals surface area contributed by atoms with E-state index in [1.807, 2.05) is 0 Å². The molecule has 0 atom stereocenters. The maximum atomic E-state index is 12.2. The molecule has 1 aromatic carbocycles. The van der Waals surface area contributed by atoms with E-state index in [0.717, 1.165) is 0 Å². The van der Waals surface area contributed by atoms with Gasteiger partial charge in [-0.05, 0) is 24.3 Å². The van der Waals surface area contributed by atoms with E-state index in [0.29, 0.717) is 5.69 Å². The number of nitrogens with one attached hydrogen (secondary N) is 1. The Hall–Kier alpha value is -1.67. The number of amides is 1. The molecule has 1 amide bonds. The highest BCUT2D eigenvalue weighted by molar-refractivity contribution is 7.98. The second-order valence-electron chi connectivity index (χ2n) is 4.43. The van der Waals surface area contributed by atoms with Crippen LogP contribution in [0, 0.1) is 0 Å². The topological polar surface area (TPSA) is 97.4 Å². The van der Waals surface area contributed by atoms with Gasteiger partial charge < -0.3 is 5.32 Å². The lowest BCUT2D eigenvalue weighted by atomic mass is 10.3. The number of sulfone groups is 2. The fourth-order valence-electron chi connectivity index (χ4n) is 1.81. The quantitative estimate of drug-likeness (QED) is 0.887. The molecule has 0 saturated carbocycles. The van der Waals surface area contributed by atoms with Crippen molar-refractivity contribution in [3.8, 4) is 0 Å². The van der Waals surface area contributed by atoms with E-state index >= 15 is 0 Å². The largest absolute Gasteiger partial charge is 0.326 e. The van der Waals surface area contributed by atoms with Crippen LogP contribution in [0.3, 0.4) is 0 Å². The number of anilines is 1. The van der Waals surface area contributed by atoms with Crippen LogP contribution in [0.15, 0.2) is 40.1 Å². The van der Waals surface area contributed by atoms with Crippen LogP contribution in [0.1, 0.15) is 6.92 Å². The molecule has 6 nitrogen and oxygen atoms in total. The monoisotopic (exact) mass is 315 g/mol. The van der Waals surface area contributed by atoms with Gasteiger partial charge in [0.05, 0.1) is 21.3 Å². The first-order valence-electron chi connectivity index (χ1n) is 5.73. The van der Waals surface area contributed by atoms with Gasteiger partial charge in [-0.1, -0.05) is 6.08 Å². The number of rotatable bonds is 3. The van der Waals surface area contributed by atoms with E-state index in [2.05, 4.69) is 5.32 Å². The summed E-state index contributed by atoms with van der Waals surface area (Å²) in [6.07, 6.45) is 1.23.